The summed E-state index contributed by atoms with van der Waals surface area (Å²) in [6.45, 7) is 21.2. The number of thiophene rings is 1. The molecule has 47 heavy (non-hydrogen) atoms. The molecule has 4 aromatic rings. The molecule has 0 radical (unpaired) electrons. The third-order valence-electron chi connectivity index (χ3n) is 7.09. The van der Waals surface area contributed by atoms with Crippen LogP contribution in [0.3, 0.4) is 0 Å². The first-order valence-corrected chi connectivity index (χ1v) is 15.5. The molecule has 0 aliphatic carbocycles. The fraction of sp³-hybridized carbons (Fsp3) is 0.325. The summed E-state index contributed by atoms with van der Waals surface area (Å²) >= 11 is 1.76. The second-order valence-electron chi connectivity index (χ2n) is 11.3. The van der Waals surface area contributed by atoms with Crippen molar-refractivity contribution < 1.29 is 34.7 Å². The van der Waals surface area contributed by atoms with Gasteiger partial charge in [-0.3, -0.25) is 0 Å². The second kappa shape index (κ2) is 24.4. The van der Waals surface area contributed by atoms with Crippen LogP contribution < -0.4 is 29.6 Å². The summed E-state index contributed by atoms with van der Waals surface area (Å²) < 4.78 is 24.2. The minimum absolute atomic E-state index is 0. The summed E-state index contributed by atoms with van der Waals surface area (Å²) in [5, 5.41) is 28.3. The third kappa shape index (κ3) is 14.5. The van der Waals surface area contributed by atoms with Crippen molar-refractivity contribution in [2.24, 2.45) is 0 Å². The van der Waals surface area contributed by atoms with Crippen molar-refractivity contribution in [3.05, 3.63) is 125 Å². The van der Waals surface area contributed by atoms with Gasteiger partial charge < -0.3 is 17.4 Å². The van der Waals surface area contributed by atoms with Gasteiger partial charge in [-0.15, -0.1) is 11.3 Å². The van der Waals surface area contributed by atoms with Crippen LogP contribution in [0, 0.1) is 43.9 Å². The van der Waals surface area contributed by atoms with Gasteiger partial charge in [0, 0.05) is 12.2 Å². The Morgan fingerprint density at radius 2 is 1.45 bits per heavy atom. The molecule has 0 amide bonds. The van der Waals surface area contributed by atoms with Gasteiger partial charge in [0.1, 0.15) is 6.61 Å². The van der Waals surface area contributed by atoms with Crippen molar-refractivity contribution >= 4 is 43.6 Å². The Morgan fingerprint density at radius 1 is 0.915 bits per heavy atom. The van der Waals surface area contributed by atoms with Crippen LogP contribution >= 0.6 is 21.0 Å². The molecule has 1 aliphatic rings. The fourth-order valence-corrected chi connectivity index (χ4v) is 5.79. The van der Waals surface area contributed by atoms with Crippen LogP contribution in [-0.4, -0.2) is 27.8 Å². The summed E-state index contributed by atoms with van der Waals surface area (Å²) in [5.41, 5.74) is 8.58. The first kappa shape index (κ1) is 40.4. The molecule has 5 rings (SSSR count). The molecule has 2 heterocycles. The van der Waals surface area contributed by atoms with Gasteiger partial charge in [0.2, 0.25) is 0 Å². The number of aliphatic hydroxyl groups excluding tert-OH is 1. The Kier molecular flexibility index (Phi) is 21.0. The number of aryl methyl sites for hydroxylation is 2. The number of nitrogens with zero attached hydrogens (tertiary/aromatic N) is 3. The molecular weight excluding hydrogens is 624 g/mol. The standard InChI is InChI=1S/C14H16.C11H13NS.C11H13N.C2H3NO.CH4.CH3.Na.H3P/c1-10(2)14-9-13-7-5-4-6-12(13)8-11(14)3;1-8(2)12-6-4-10-5-7-13-11(10)9(12)3;1-8(2)11-5-4-10(7-12)6-9(11)3;3-1-2-4;;;;/h4-10H,1-3H3;4-8H,3H2,1-2H3;4-6,8H,1-3H3;4H,2H2;1H4;1H3;;1H3/q;;;;;-1;+1;/p+1/i;;;;;;;1T3/hT. The molecule has 0 fully saturated rings. The average molecular weight is 689 g/mol. The molecule has 0 saturated heterocycles. The zero-order valence-corrected chi connectivity index (χ0v) is 33.0. The van der Waals surface area contributed by atoms with Crippen molar-refractivity contribution in [3.63, 3.8) is 0 Å². The van der Waals surface area contributed by atoms with E-state index in [1.54, 1.807) is 11.3 Å². The topological polar surface area (TPSA) is 71.0 Å². The number of benzene rings is 3. The zero-order valence-electron chi connectivity index (χ0n) is 33.3. The number of hydrogen-bond acceptors (Lipinski definition) is 5. The van der Waals surface area contributed by atoms with E-state index in [9.17, 15) is 0 Å². The van der Waals surface area contributed by atoms with E-state index in [-0.39, 0.29) is 51.0 Å². The first-order chi connectivity index (χ1) is 22.4. The molecule has 4 nitrogen and oxygen atoms in total. The molecule has 7 heteroatoms. The smallest absolute Gasteiger partial charge is 0.381 e. The van der Waals surface area contributed by atoms with Gasteiger partial charge in [0.25, 0.3) is 5.11 Å². The van der Waals surface area contributed by atoms with E-state index < -0.39 is 9.68 Å². The third-order valence-corrected chi connectivity index (χ3v) is 8.07. The summed E-state index contributed by atoms with van der Waals surface area (Å²) in [4.78, 5) is 3.51. The monoisotopic (exact) mass is 688 g/mol. The largest absolute Gasteiger partial charge is 1.00 e. The van der Waals surface area contributed by atoms with E-state index in [0.717, 1.165) is 11.3 Å². The Morgan fingerprint density at radius 3 is 1.91 bits per heavy atom. The SMILES string of the molecule is C.C=C1c2sccc2C=CN1C(C)C.Cc1cc(C#N)ccc1C(C)C.Cc1cc2ccccc2cc1C(C)C.N#CCO.[3H][P+]([3H])([3H])[3H].[CH3-].[Na+]. The quantitative estimate of drug-likeness (QED) is 0.102. The number of fused-ring (bicyclic) bond motifs is 2. The van der Waals surface area contributed by atoms with E-state index in [0.29, 0.717) is 17.9 Å². The van der Waals surface area contributed by atoms with Crippen molar-refractivity contribution in [3.8, 4) is 12.1 Å². The molecule has 0 atom stereocenters. The Labute approximate surface area is 320 Å². The summed E-state index contributed by atoms with van der Waals surface area (Å²) in [7, 11) is -3.39. The molecule has 1 aliphatic heterocycles. The van der Waals surface area contributed by atoms with Gasteiger partial charge >= 0.3 is 29.6 Å². The van der Waals surface area contributed by atoms with Crippen molar-refractivity contribution in [1.29, 1.82) is 15.6 Å². The maximum absolute atomic E-state index is 8.64. The molecule has 0 saturated carbocycles. The first-order valence-electron chi connectivity index (χ1n) is 16.4. The predicted molar refractivity (Wildman–Crippen MR) is 210 cm³/mol. The summed E-state index contributed by atoms with van der Waals surface area (Å²) in [5.74, 6) is 1.15. The zero-order chi connectivity index (χ0) is 36.6. The minimum Gasteiger partial charge on any atom is -0.381 e. The van der Waals surface area contributed by atoms with Gasteiger partial charge in [-0.2, -0.15) is 10.5 Å². The van der Waals surface area contributed by atoms with E-state index >= 15 is 0 Å². The molecular formula is C40H56N3NaOPS+. The molecule has 1 N–H and O–H groups in total. The number of aliphatic hydroxyl groups is 1. The van der Waals surface area contributed by atoms with Crippen molar-refractivity contribution in [2.75, 3.05) is 6.61 Å². The van der Waals surface area contributed by atoms with Crippen molar-refractivity contribution in [1.82, 2.24) is 4.90 Å². The normalized spacial score (nSPS) is 11.9. The molecule has 3 aromatic carbocycles. The maximum atomic E-state index is 8.64. The van der Waals surface area contributed by atoms with Crippen LogP contribution in [0.1, 0.15) is 99.1 Å². The maximum Gasteiger partial charge on any atom is 1.00 e. The predicted octanol–water partition coefficient (Wildman–Crippen LogP) is 8.06. The minimum atomic E-state index is -3.39. The Hall–Kier alpha value is -2.73. The van der Waals surface area contributed by atoms with Gasteiger partial charge in [0.05, 0.1) is 28.3 Å². The molecule has 0 spiro atoms. The Bertz CT molecular complexity index is 1730. The molecule has 0 bridgehead atoms. The summed E-state index contributed by atoms with van der Waals surface area (Å²) in [6.07, 6.45) is 4.27. The Balaban J connectivity index is -0.000000592. The molecule has 248 valence electrons. The van der Waals surface area contributed by atoms with Crippen molar-refractivity contribution in [2.45, 2.75) is 80.7 Å². The number of nitriles is 2. The van der Waals surface area contributed by atoms with E-state index in [2.05, 4.69) is 133 Å². The van der Waals surface area contributed by atoms with Crippen LogP contribution in [0.4, 0.5) is 0 Å². The molecule has 0 unspecified atom stereocenters. The van der Waals surface area contributed by atoms with E-state index in [4.69, 9.17) is 20.7 Å². The van der Waals surface area contributed by atoms with Gasteiger partial charge in [-0.25, -0.2) is 0 Å². The summed E-state index contributed by atoms with van der Waals surface area (Å²) in [6, 6.07) is 25.2. The van der Waals surface area contributed by atoms with Gasteiger partial charge in [0.15, 0.2) is 0 Å². The number of rotatable bonds is 3. The van der Waals surface area contributed by atoms with E-state index in [1.165, 1.54) is 49.5 Å². The second-order valence-corrected chi connectivity index (χ2v) is 12.2. The van der Waals surface area contributed by atoms with E-state index in [1.807, 2.05) is 18.2 Å². The van der Waals surface area contributed by atoms with Crippen LogP contribution in [0.15, 0.2) is 78.8 Å². The van der Waals surface area contributed by atoms with Crippen LogP contribution in [-0.2, 0) is 0 Å². The number of hydrogen-bond donors (Lipinski definition) is 1. The molecule has 1 aromatic heterocycles. The van der Waals surface area contributed by atoms with Gasteiger partial charge in [-0.1, -0.05) is 84.2 Å². The average Bonchev–Trinajstić information content (AvgIpc) is 3.50. The fourth-order valence-electron chi connectivity index (χ4n) is 4.92. The van der Waals surface area contributed by atoms with Crippen LogP contribution in [0.5, 0.6) is 0 Å². The van der Waals surface area contributed by atoms with Crippen LogP contribution in [0.2, 0.25) is 0 Å². The van der Waals surface area contributed by atoms with Crippen LogP contribution in [0.25, 0.3) is 22.5 Å². The van der Waals surface area contributed by atoms with Gasteiger partial charge in [-0.05, 0) is 117 Å².